The molecule has 0 saturated heterocycles. The number of hydrogen-bond acceptors (Lipinski definition) is 3. The summed E-state index contributed by atoms with van der Waals surface area (Å²) in [6, 6.07) is 9.93. The number of nitro groups is 1. The third kappa shape index (κ3) is 2.45. The maximum absolute atomic E-state index is 11.4. The summed E-state index contributed by atoms with van der Waals surface area (Å²) >= 11 is 0. The molecule has 0 amide bonds. The van der Waals surface area contributed by atoms with Gasteiger partial charge in [0.2, 0.25) is 0 Å². The van der Waals surface area contributed by atoms with Crippen LogP contribution in [0.4, 0.5) is 5.69 Å². The molecule has 5 nitrogen and oxygen atoms in total. The van der Waals surface area contributed by atoms with E-state index >= 15 is 0 Å². The Hall–Kier alpha value is -2.43. The van der Waals surface area contributed by atoms with Gasteiger partial charge in [0.05, 0.1) is 10.6 Å². The molecule has 0 aliphatic heterocycles. The highest BCUT2D eigenvalue weighted by molar-refractivity contribution is 5.92. The number of nitro benzene ring substituents is 1. The normalized spacial score (nSPS) is 10.3. The quantitative estimate of drug-likeness (QED) is 0.471. The molecule has 0 unspecified atom stereocenters. The lowest BCUT2D eigenvalue weighted by Gasteiger charge is -2.06. The summed E-state index contributed by atoms with van der Waals surface area (Å²) in [5.41, 5.74) is 1.45. The Morgan fingerprint density at radius 1 is 1.33 bits per heavy atom. The van der Waals surface area contributed by atoms with Gasteiger partial charge in [-0.1, -0.05) is 12.1 Å². The Bertz CT molecular complexity index is 602. The highest BCUT2D eigenvalue weighted by Gasteiger charge is 2.09. The van der Waals surface area contributed by atoms with Crippen molar-refractivity contribution in [3.05, 3.63) is 64.0 Å². The van der Waals surface area contributed by atoms with Gasteiger partial charge >= 0.3 is 0 Å². The first-order chi connectivity index (χ1) is 8.58. The number of nitrogens with zero attached hydrogens (tertiary/aromatic N) is 2. The molecular weight excluding hydrogens is 232 g/mol. The van der Waals surface area contributed by atoms with Gasteiger partial charge in [-0.05, 0) is 17.7 Å². The second-order valence-electron chi connectivity index (χ2n) is 4.00. The van der Waals surface area contributed by atoms with Crippen molar-refractivity contribution in [2.45, 2.75) is 13.5 Å². The lowest BCUT2D eigenvalue weighted by atomic mass is 10.2. The Balaban J connectivity index is 2.28. The summed E-state index contributed by atoms with van der Waals surface area (Å²) in [5.74, 6) is -0.0227. The summed E-state index contributed by atoms with van der Waals surface area (Å²) in [7, 11) is 0. The lowest BCUT2D eigenvalue weighted by molar-refractivity contribution is -0.384. The average Bonchev–Trinajstić information content (AvgIpc) is 2.77. The van der Waals surface area contributed by atoms with Crippen molar-refractivity contribution in [3.63, 3.8) is 0 Å². The molecule has 0 atom stereocenters. The first-order valence-electron chi connectivity index (χ1n) is 5.47. The zero-order valence-electron chi connectivity index (χ0n) is 9.87. The van der Waals surface area contributed by atoms with E-state index in [-0.39, 0.29) is 11.5 Å². The minimum absolute atomic E-state index is 0.0227. The predicted octanol–water partition coefficient (Wildman–Crippen LogP) is 2.65. The maximum atomic E-state index is 11.4. The first kappa shape index (κ1) is 12.0. The molecule has 1 aromatic heterocycles. The molecule has 0 spiro atoms. The summed E-state index contributed by atoms with van der Waals surface area (Å²) in [5, 5.41) is 10.7. The Kier molecular flexibility index (Phi) is 3.23. The Morgan fingerprint density at radius 2 is 2.11 bits per heavy atom. The van der Waals surface area contributed by atoms with Crippen LogP contribution >= 0.6 is 0 Å². The van der Waals surface area contributed by atoms with E-state index in [0.29, 0.717) is 12.2 Å². The smallest absolute Gasteiger partial charge is 0.269 e. The number of ketones is 1. The number of Topliss-reactive ketones (excluding diaryl/α,β-unsaturated/α-hetero) is 1. The third-order valence-corrected chi connectivity index (χ3v) is 2.66. The van der Waals surface area contributed by atoms with Crippen LogP contribution in [-0.2, 0) is 6.54 Å². The fourth-order valence-corrected chi connectivity index (χ4v) is 1.84. The van der Waals surface area contributed by atoms with Gasteiger partial charge in [0.25, 0.3) is 5.69 Å². The van der Waals surface area contributed by atoms with Crippen molar-refractivity contribution in [1.29, 1.82) is 0 Å². The molecule has 0 saturated carbocycles. The number of carbonyl (C=O) groups is 1. The summed E-state index contributed by atoms with van der Waals surface area (Å²) in [4.78, 5) is 21.6. The third-order valence-electron chi connectivity index (χ3n) is 2.66. The molecule has 0 bridgehead atoms. The van der Waals surface area contributed by atoms with E-state index in [1.807, 2.05) is 0 Å². The van der Waals surface area contributed by atoms with Crippen molar-refractivity contribution in [2.75, 3.05) is 0 Å². The molecule has 5 heteroatoms. The lowest BCUT2D eigenvalue weighted by Crippen LogP contribution is -2.06. The molecule has 1 aromatic carbocycles. The molecule has 1 heterocycles. The van der Waals surface area contributed by atoms with Crippen LogP contribution in [0.25, 0.3) is 0 Å². The Morgan fingerprint density at radius 3 is 2.78 bits per heavy atom. The second kappa shape index (κ2) is 4.83. The molecule has 0 N–H and O–H groups in total. The van der Waals surface area contributed by atoms with Crippen molar-refractivity contribution in [3.8, 4) is 0 Å². The van der Waals surface area contributed by atoms with E-state index in [1.165, 1.54) is 19.1 Å². The fraction of sp³-hybridized carbons (Fsp3) is 0.154. The van der Waals surface area contributed by atoms with Gasteiger partial charge in [-0.25, -0.2) is 0 Å². The van der Waals surface area contributed by atoms with Crippen molar-refractivity contribution in [2.24, 2.45) is 0 Å². The molecule has 2 rings (SSSR count). The molecule has 18 heavy (non-hydrogen) atoms. The summed E-state index contributed by atoms with van der Waals surface area (Å²) in [6.45, 7) is 1.95. The van der Waals surface area contributed by atoms with E-state index < -0.39 is 4.92 Å². The van der Waals surface area contributed by atoms with Crippen LogP contribution in [0.15, 0.2) is 42.6 Å². The van der Waals surface area contributed by atoms with Gasteiger partial charge in [0.1, 0.15) is 0 Å². The molecule has 0 fully saturated rings. The number of non-ortho nitro benzene ring substituents is 1. The monoisotopic (exact) mass is 244 g/mol. The second-order valence-corrected chi connectivity index (χ2v) is 4.00. The van der Waals surface area contributed by atoms with Crippen molar-refractivity contribution in [1.82, 2.24) is 4.57 Å². The molecule has 0 aliphatic carbocycles. The Labute approximate surface area is 104 Å². The van der Waals surface area contributed by atoms with Gasteiger partial charge in [0, 0.05) is 31.8 Å². The van der Waals surface area contributed by atoms with Gasteiger partial charge in [-0.2, -0.15) is 0 Å². The number of rotatable bonds is 4. The van der Waals surface area contributed by atoms with Crippen LogP contribution < -0.4 is 0 Å². The van der Waals surface area contributed by atoms with Gasteiger partial charge in [0.15, 0.2) is 5.78 Å². The van der Waals surface area contributed by atoms with Crippen LogP contribution in [0.5, 0.6) is 0 Å². The molecule has 92 valence electrons. The summed E-state index contributed by atoms with van der Waals surface area (Å²) in [6.07, 6.45) is 1.79. The molecule has 2 aromatic rings. The first-order valence-corrected chi connectivity index (χ1v) is 5.47. The van der Waals surface area contributed by atoms with Crippen molar-refractivity contribution >= 4 is 11.5 Å². The van der Waals surface area contributed by atoms with Crippen LogP contribution in [0.1, 0.15) is 23.0 Å². The number of carbonyl (C=O) groups excluding carboxylic acids is 1. The summed E-state index contributed by atoms with van der Waals surface area (Å²) < 4.78 is 1.78. The van der Waals surface area contributed by atoms with E-state index in [1.54, 1.807) is 35.0 Å². The van der Waals surface area contributed by atoms with E-state index in [9.17, 15) is 14.9 Å². The highest BCUT2D eigenvalue weighted by atomic mass is 16.6. The van der Waals surface area contributed by atoms with E-state index in [4.69, 9.17) is 0 Å². The zero-order valence-corrected chi connectivity index (χ0v) is 9.87. The minimum atomic E-state index is -0.426. The maximum Gasteiger partial charge on any atom is 0.269 e. The topological polar surface area (TPSA) is 65.1 Å². The standard InChI is InChI=1S/C13H12N2O3/c1-10(16)13-6-3-7-14(13)9-11-4-2-5-12(8-11)15(17)18/h2-8H,9H2,1H3. The number of aromatic nitrogens is 1. The van der Waals surface area contributed by atoms with Crippen LogP contribution in [0.3, 0.4) is 0 Å². The van der Waals surface area contributed by atoms with Crippen LogP contribution in [-0.4, -0.2) is 15.3 Å². The van der Waals surface area contributed by atoms with Gasteiger partial charge in [-0.3, -0.25) is 14.9 Å². The minimum Gasteiger partial charge on any atom is -0.341 e. The fourth-order valence-electron chi connectivity index (χ4n) is 1.84. The largest absolute Gasteiger partial charge is 0.341 e. The molecular formula is C13H12N2O3. The van der Waals surface area contributed by atoms with Crippen molar-refractivity contribution < 1.29 is 9.72 Å². The molecule has 0 radical (unpaired) electrons. The predicted molar refractivity (Wildman–Crippen MR) is 66.6 cm³/mol. The number of benzene rings is 1. The van der Waals surface area contributed by atoms with Crippen LogP contribution in [0.2, 0.25) is 0 Å². The number of hydrogen-bond donors (Lipinski definition) is 0. The highest BCUT2D eigenvalue weighted by Crippen LogP contribution is 2.15. The zero-order chi connectivity index (χ0) is 13.1. The van der Waals surface area contributed by atoms with Gasteiger partial charge in [-0.15, -0.1) is 0 Å². The van der Waals surface area contributed by atoms with E-state index in [2.05, 4.69) is 0 Å². The van der Waals surface area contributed by atoms with Gasteiger partial charge < -0.3 is 4.57 Å². The molecule has 0 aliphatic rings. The van der Waals surface area contributed by atoms with Crippen LogP contribution in [0, 0.1) is 10.1 Å². The van der Waals surface area contributed by atoms with E-state index in [0.717, 1.165) is 5.56 Å². The SMILES string of the molecule is CC(=O)c1cccn1Cc1cccc([N+](=O)[O-])c1. The average molecular weight is 244 g/mol.